The van der Waals surface area contributed by atoms with Crippen molar-refractivity contribution in [2.24, 2.45) is 0 Å². The number of esters is 1. The minimum atomic E-state index is -0.690. The zero-order chi connectivity index (χ0) is 18.1. The second-order valence-corrected chi connectivity index (χ2v) is 5.38. The molecule has 0 aliphatic rings. The first kappa shape index (κ1) is 16.9. The molecule has 2 aromatic heterocycles. The van der Waals surface area contributed by atoms with Gasteiger partial charge in [0.15, 0.2) is 23.0 Å². The van der Waals surface area contributed by atoms with Gasteiger partial charge >= 0.3 is 5.97 Å². The summed E-state index contributed by atoms with van der Waals surface area (Å²) in [5.74, 6) is -1.40. The molecule has 0 aliphatic carbocycles. The van der Waals surface area contributed by atoms with E-state index in [9.17, 15) is 13.6 Å². The number of fused-ring (bicyclic) bond motifs is 1. The number of carbonyl (C=O) groups is 1. The molecule has 5 nitrogen and oxygen atoms in total. The number of aryl methyl sites for hydroxylation is 1. The fourth-order valence-corrected chi connectivity index (χ4v) is 2.65. The highest BCUT2D eigenvalue weighted by molar-refractivity contribution is 5.96. The van der Waals surface area contributed by atoms with Crippen LogP contribution in [0.4, 0.5) is 8.78 Å². The first-order chi connectivity index (χ1) is 12.0. The van der Waals surface area contributed by atoms with Crippen LogP contribution in [0.5, 0.6) is 5.88 Å². The Balaban J connectivity index is 2.40. The van der Waals surface area contributed by atoms with Gasteiger partial charge in [-0.2, -0.15) is 0 Å². The lowest BCUT2D eigenvalue weighted by atomic mass is 10.1. The number of methoxy groups -OCH3 is 1. The number of hydrogen-bond donors (Lipinski definition) is 0. The Hall–Kier alpha value is -2.96. The molecule has 7 heteroatoms. The molecule has 3 rings (SSSR count). The molecule has 0 aliphatic heterocycles. The Morgan fingerprint density at radius 2 is 1.92 bits per heavy atom. The van der Waals surface area contributed by atoms with Gasteiger partial charge in [0.25, 0.3) is 0 Å². The Kier molecular flexibility index (Phi) is 4.39. The van der Waals surface area contributed by atoms with Crippen LogP contribution in [0.1, 0.15) is 23.0 Å². The minimum absolute atomic E-state index is 0.0590. The van der Waals surface area contributed by atoms with E-state index in [1.54, 1.807) is 19.9 Å². The van der Waals surface area contributed by atoms with Gasteiger partial charge in [0.2, 0.25) is 0 Å². The Bertz CT molecular complexity index is 967. The van der Waals surface area contributed by atoms with E-state index in [0.717, 1.165) is 0 Å². The third-order valence-electron chi connectivity index (χ3n) is 3.79. The molecule has 25 heavy (non-hydrogen) atoms. The topological polar surface area (TPSA) is 52.8 Å². The Morgan fingerprint density at radius 3 is 2.56 bits per heavy atom. The number of aromatic nitrogens is 2. The monoisotopic (exact) mass is 346 g/mol. The first-order valence-electron chi connectivity index (χ1n) is 7.66. The number of benzene rings is 1. The molecular weight excluding hydrogens is 330 g/mol. The molecule has 0 unspecified atom stereocenters. The van der Waals surface area contributed by atoms with E-state index in [2.05, 4.69) is 4.98 Å². The molecule has 2 heterocycles. The summed E-state index contributed by atoms with van der Waals surface area (Å²) in [6.45, 7) is 3.41. The van der Waals surface area contributed by atoms with E-state index in [0.29, 0.717) is 11.1 Å². The number of rotatable bonds is 4. The quantitative estimate of drug-likeness (QED) is 0.675. The highest BCUT2D eigenvalue weighted by Gasteiger charge is 2.25. The molecule has 0 fully saturated rings. The normalized spacial score (nSPS) is 10.9. The van der Waals surface area contributed by atoms with Crippen molar-refractivity contribution < 1.29 is 23.0 Å². The van der Waals surface area contributed by atoms with Crippen LogP contribution in [0.25, 0.3) is 16.9 Å². The maximum Gasteiger partial charge on any atom is 0.359 e. The number of imidazole rings is 1. The maximum absolute atomic E-state index is 14.3. The van der Waals surface area contributed by atoms with Crippen LogP contribution >= 0.6 is 0 Å². The van der Waals surface area contributed by atoms with Crippen molar-refractivity contribution in [1.82, 2.24) is 9.38 Å². The van der Waals surface area contributed by atoms with Gasteiger partial charge in [-0.3, -0.25) is 4.40 Å². The van der Waals surface area contributed by atoms with Gasteiger partial charge in [0.1, 0.15) is 5.82 Å². The smallest absolute Gasteiger partial charge is 0.359 e. The average Bonchev–Trinajstić information content (AvgIpc) is 3.00. The molecule has 0 bridgehead atoms. The fourth-order valence-electron chi connectivity index (χ4n) is 2.65. The van der Waals surface area contributed by atoms with Crippen molar-refractivity contribution in [2.75, 3.05) is 13.7 Å². The van der Waals surface area contributed by atoms with Gasteiger partial charge in [0.05, 0.1) is 19.4 Å². The summed E-state index contributed by atoms with van der Waals surface area (Å²) in [6, 6.07) is 6.98. The summed E-state index contributed by atoms with van der Waals surface area (Å²) in [7, 11) is 1.43. The third-order valence-corrected chi connectivity index (χ3v) is 3.79. The summed E-state index contributed by atoms with van der Waals surface area (Å²) < 4.78 is 39.6. The molecule has 0 N–H and O–H groups in total. The Morgan fingerprint density at radius 1 is 1.20 bits per heavy atom. The highest BCUT2D eigenvalue weighted by Crippen LogP contribution is 2.32. The average molecular weight is 346 g/mol. The lowest BCUT2D eigenvalue weighted by Gasteiger charge is -2.10. The van der Waals surface area contributed by atoms with Crippen LogP contribution in [0.15, 0.2) is 30.3 Å². The standard InChI is InChI=1S/C18H16F2N2O3/c1-4-25-18(23)15-16(11-5-6-12(19)10(2)9-11)22-14(24-3)8-7-13(20)17(22)21-15/h5-9H,4H2,1-3H3. The van der Waals surface area contributed by atoms with Crippen LogP contribution in [-0.4, -0.2) is 29.1 Å². The maximum atomic E-state index is 14.3. The van der Waals surface area contributed by atoms with Crippen molar-refractivity contribution in [2.45, 2.75) is 13.8 Å². The fraction of sp³-hybridized carbons (Fsp3) is 0.222. The van der Waals surface area contributed by atoms with Crippen molar-refractivity contribution in [1.29, 1.82) is 0 Å². The zero-order valence-corrected chi connectivity index (χ0v) is 14.0. The van der Waals surface area contributed by atoms with E-state index in [-0.39, 0.29) is 35.3 Å². The van der Waals surface area contributed by atoms with Crippen LogP contribution in [0.3, 0.4) is 0 Å². The lowest BCUT2D eigenvalue weighted by molar-refractivity contribution is 0.0521. The van der Waals surface area contributed by atoms with E-state index in [1.807, 2.05) is 0 Å². The zero-order valence-electron chi connectivity index (χ0n) is 14.0. The van der Waals surface area contributed by atoms with E-state index >= 15 is 0 Å². The number of nitrogens with zero attached hydrogens (tertiary/aromatic N) is 2. The molecule has 3 aromatic rings. The molecule has 0 spiro atoms. The number of carbonyl (C=O) groups excluding carboxylic acids is 1. The predicted octanol–water partition coefficient (Wildman–Crippen LogP) is 3.77. The second kappa shape index (κ2) is 6.51. The molecule has 0 amide bonds. The largest absolute Gasteiger partial charge is 0.482 e. The third kappa shape index (κ3) is 2.82. The van der Waals surface area contributed by atoms with Crippen LogP contribution in [0, 0.1) is 18.6 Å². The number of hydrogen-bond acceptors (Lipinski definition) is 4. The van der Waals surface area contributed by atoms with Gasteiger partial charge in [-0.25, -0.2) is 18.6 Å². The lowest BCUT2D eigenvalue weighted by Crippen LogP contribution is -2.07. The van der Waals surface area contributed by atoms with Gasteiger partial charge in [-0.1, -0.05) is 0 Å². The number of halogens is 2. The summed E-state index contributed by atoms with van der Waals surface area (Å²) in [5, 5.41) is 0. The highest BCUT2D eigenvalue weighted by atomic mass is 19.1. The summed E-state index contributed by atoms with van der Waals surface area (Å²) in [4.78, 5) is 16.4. The van der Waals surface area contributed by atoms with Gasteiger partial charge in [-0.05, 0) is 43.7 Å². The summed E-state index contributed by atoms with van der Waals surface area (Å²) >= 11 is 0. The minimum Gasteiger partial charge on any atom is -0.482 e. The molecule has 0 saturated carbocycles. The number of pyridine rings is 1. The van der Waals surface area contributed by atoms with Crippen LogP contribution in [-0.2, 0) is 4.74 Å². The molecule has 0 radical (unpaired) electrons. The van der Waals surface area contributed by atoms with Gasteiger partial charge in [0, 0.05) is 11.6 Å². The molecule has 0 atom stereocenters. The van der Waals surface area contributed by atoms with E-state index < -0.39 is 11.8 Å². The van der Waals surface area contributed by atoms with Crippen molar-refractivity contribution >= 4 is 11.6 Å². The Labute approximate surface area is 142 Å². The van der Waals surface area contributed by atoms with E-state index in [4.69, 9.17) is 9.47 Å². The van der Waals surface area contributed by atoms with Gasteiger partial charge < -0.3 is 9.47 Å². The summed E-state index contributed by atoms with van der Waals surface area (Å²) in [5.41, 5.74) is 1.04. The first-order valence-corrected chi connectivity index (χ1v) is 7.66. The predicted molar refractivity (Wildman–Crippen MR) is 87.8 cm³/mol. The summed E-state index contributed by atoms with van der Waals surface area (Å²) in [6.07, 6.45) is 0. The molecule has 0 saturated heterocycles. The molecular formula is C18H16F2N2O3. The van der Waals surface area contributed by atoms with E-state index in [1.165, 1.54) is 35.8 Å². The van der Waals surface area contributed by atoms with Gasteiger partial charge in [-0.15, -0.1) is 0 Å². The molecule has 130 valence electrons. The molecule has 1 aromatic carbocycles. The van der Waals surface area contributed by atoms with Crippen molar-refractivity contribution in [3.63, 3.8) is 0 Å². The van der Waals surface area contributed by atoms with Crippen LogP contribution in [0.2, 0.25) is 0 Å². The SMILES string of the molecule is CCOC(=O)c1nc2c(F)ccc(OC)n2c1-c1ccc(F)c(C)c1. The van der Waals surface area contributed by atoms with Crippen molar-refractivity contribution in [3.05, 3.63) is 53.2 Å². The second-order valence-electron chi connectivity index (χ2n) is 5.38. The number of ether oxygens (including phenoxy) is 2. The van der Waals surface area contributed by atoms with Crippen molar-refractivity contribution in [3.8, 4) is 17.1 Å². The van der Waals surface area contributed by atoms with Crippen LogP contribution < -0.4 is 4.74 Å².